The summed E-state index contributed by atoms with van der Waals surface area (Å²) < 4.78 is 22.1. The highest BCUT2D eigenvalue weighted by Crippen LogP contribution is 2.16. The minimum Gasteiger partial charge on any atom is -0.469 e. The maximum Gasteiger partial charge on any atom is 0.427 e. The van der Waals surface area contributed by atoms with Crippen LogP contribution in [0.4, 0.5) is 4.79 Å². The molecule has 70 valence electrons. The van der Waals surface area contributed by atoms with Gasteiger partial charge in [-0.1, -0.05) is 17.7 Å². The minimum absolute atomic E-state index is 0.183. The first-order valence-electron chi connectivity index (χ1n) is 3.18. The molecule has 4 nitrogen and oxygen atoms in total. The largest absolute Gasteiger partial charge is 0.469 e. The van der Waals surface area contributed by atoms with E-state index in [1.807, 2.05) is 0 Å². The highest BCUT2D eigenvalue weighted by molar-refractivity contribution is 8.05. The number of halogens is 1. The molecule has 1 N–H and O–H groups in total. The van der Waals surface area contributed by atoms with E-state index in [-0.39, 0.29) is 9.92 Å². The van der Waals surface area contributed by atoms with Gasteiger partial charge in [-0.15, -0.1) is 0 Å². The van der Waals surface area contributed by atoms with E-state index in [0.29, 0.717) is 0 Å². The molecule has 0 aliphatic carbocycles. The summed E-state index contributed by atoms with van der Waals surface area (Å²) in [5, 5.41) is 6.66. The predicted molar refractivity (Wildman–Crippen MR) is 46.7 cm³/mol. The maximum absolute atomic E-state index is 11.0. The molecule has 0 fully saturated rings. The molecule has 0 bridgehead atoms. The molecule has 1 aromatic carbocycles. The molecule has 0 amide bonds. The van der Waals surface area contributed by atoms with E-state index in [1.54, 1.807) is 0 Å². The first-order chi connectivity index (χ1) is 5.94. The lowest BCUT2D eigenvalue weighted by molar-refractivity contribution is 0.219. The molecular formula is C7H5ClO4S. The fourth-order valence-corrected chi connectivity index (χ4v) is 1.73. The number of carboxylic acid groups (broad SMARTS) is 1. The van der Waals surface area contributed by atoms with Crippen molar-refractivity contribution in [3.05, 3.63) is 29.3 Å². The minimum atomic E-state index is -4.27. The van der Waals surface area contributed by atoms with Gasteiger partial charge in [0, 0.05) is 5.02 Å². The van der Waals surface area contributed by atoms with Crippen molar-refractivity contribution in [1.29, 1.82) is 0 Å². The lowest BCUT2D eigenvalue weighted by Gasteiger charge is -1.97. The second kappa shape index (κ2) is 3.35. The summed E-state index contributed by atoms with van der Waals surface area (Å²) >= 11 is 5.50. The van der Waals surface area contributed by atoms with Crippen molar-refractivity contribution in [2.45, 2.75) is 4.90 Å². The van der Waals surface area contributed by atoms with Crippen LogP contribution in [0, 0.1) is 0 Å². The molecule has 6 heteroatoms. The van der Waals surface area contributed by atoms with Crippen LogP contribution in [0.25, 0.3) is 0 Å². The predicted octanol–water partition coefficient (Wildman–Crippen LogP) is 1.79. The Hall–Kier alpha value is -1.07. The third-order valence-electron chi connectivity index (χ3n) is 1.34. The number of hydrogen-bond acceptors (Lipinski definition) is 3. The second-order valence-corrected chi connectivity index (χ2v) is 4.49. The van der Waals surface area contributed by atoms with E-state index in [9.17, 15) is 13.2 Å². The summed E-state index contributed by atoms with van der Waals surface area (Å²) in [7, 11) is -4.27. The van der Waals surface area contributed by atoms with Gasteiger partial charge in [-0.3, -0.25) is 0 Å². The molecule has 0 aliphatic rings. The number of benzene rings is 1. The van der Waals surface area contributed by atoms with Gasteiger partial charge >= 0.3 is 5.30 Å². The molecule has 0 heterocycles. The van der Waals surface area contributed by atoms with Crippen molar-refractivity contribution in [3.63, 3.8) is 0 Å². The van der Waals surface area contributed by atoms with Gasteiger partial charge in [0.2, 0.25) is 0 Å². The van der Waals surface area contributed by atoms with Crippen LogP contribution in [-0.2, 0) is 9.84 Å². The number of rotatable bonds is 1. The van der Waals surface area contributed by atoms with Crippen LogP contribution in [0.15, 0.2) is 29.2 Å². The van der Waals surface area contributed by atoms with E-state index in [1.165, 1.54) is 18.2 Å². The molecule has 0 unspecified atom stereocenters. The molecule has 1 rings (SSSR count). The van der Waals surface area contributed by atoms with Gasteiger partial charge in [0.25, 0.3) is 9.84 Å². The highest BCUT2D eigenvalue weighted by Gasteiger charge is 2.23. The standard InChI is InChI=1S/C7H5ClO4S/c8-5-2-1-3-6(4-5)13(11,12)7(9)10/h1-4H,(H,9,10). The first-order valence-corrected chi connectivity index (χ1v) is 5.04. The Labute approximate surface area is 79.7 Å². The summed E-state index contributed by atoms with van der Waals surface area (Å²) in [4.78, 5) is 9.99. The van der Waals surface area contributed by atoms with Crippen LogP contribution in [0.3, 0.4) is 0 Å². The highest BCUT2D eigenvalue weighted by atomic mass is 35.5. The average molecular weight is 221 g/mol. The Kier molecular flexibility index (Phi) is 2.58. The lowest BCUT2D eigenvalue weighted by Crippen LogP contribution is -2.11. The monoisotopic (exact) mass is 220 g/mol. The van der Waals surface area contributed by atoms with Gasteiger partial charge in [-0.2, -0.15) is 0 Å². The smallest absolute Gasteiger partial charge is 0.427 e. The van der Waals surface area contributed by atoms with Crippen molar-refractivity contribution >= 4 is 26.7 Å². The van der Waals surface area contributed by atoms with Crippen LogP contribution in [0.5, 0.6) is 0 Å². The Morgan fingerprint density at radius 2 is 2.00 bits per heavy atom. The Morgan fingerprint density at radius 1 is 1.38 bits per heavy atom. The molecule has 0 aliphatic heterocycles. The Balaban J connectivity index is 3.32. The zero-order valence-electron chi connectivity index (χ0n) is 6.27. The van der Waals surface area contributed by atoms with Crippen LogP contribution in [0.1, 0.15) is 0 Å². The zero-order chi connectivity index (χ0) is 10.1. The summed E-state index contributed by atoms with van der Waals surface area (Å²) in [6.07, 6.45) is 0. The maximum atomic E-state index is 11.0. The number of carbonyl (C=O) groups is 1. The molecule has 0 spiro atoms. The molecule has 0 atom stereocenters. The van der Waals surface area contributed by atoms with Crippen molar-refractivity contribution in [1.82, 2.24) is 0 Å². The van der Waals surface area contributed by atoms with Crippen LogP contribution < -0.4 is 0 Å². The molecular weight excluding hydrogens is 216 g/mol. The van der Waals surface area contributed by atoms with E-state index < -0.39 is 15.1 Å². The average Bonchev–Trinajstić information content (AvgIpc) is 2.04. The van der Waals surface area contributed by atoms with Gasteiger partial charge < -0.3 is 5.11 Å². The molecule has 13 heavy (non-hydrogen) atoms. The molecule has 1 aromatic rings. The second-order valence-electron chi connectivity index (χ2n) is 2.23. The summed E-state index contributed by atoms with van der Waals surface area (Å²) in [5.74, 6) is 0. The summed E-state index contributed by atoms with van der Waals surface area (Å²) in [5.41, 5.74) is 0. The van der Waals surface area contributed by atoms with Crippen molar-refractivity contribution in [2.24, 2.45) is 0 Å². The Morgan fingerprint density at radius 3 is 2.46 bits per heavy atom. The lowest BCUT2D eigenvalue weighted by atomic mass is 10.4. The summed E-state index contributed by atoms with van der Waals surface area (Å²) in [6, 6.07) is 5.10. The first kappa shape index (κ1) is 10.0. The van der Waals surface area contributed by atoms with Gasteiger partial charge in [-0.25, -0.2) is 13.2 Å². The number of sulfone groups is 1. The van der Waals surface area contributed by atoms with Gasteiger partial charge in [0.1, 0.15) is 0 Å². The van der Waals surface area contributed by atoms with Gasteiger partial charge in [0.05, 0.1) is 4.90 Å². The zero-order valence-corrected chi connectivity index (χ0v) is 7.84. The number of hydrogen-bond donors (Lipinski definition) is 1. The third-order valence-corrected chi connectivity index (χ3v) is 2.91. The topological polar surface area (TPSA) is 71.4 Å². The quantitative estimate of drug-likeness (QED) is 0.783. The Bertz CT molecular complexity index is 438. The van der Waals surface area contributed by atoms with E-state index in [4.69, 9.17) is 16.7 Å². The van der Waals surface area contributed by atoms with E-state index in [0.717, 1.165) is 6.07 Å². The molecule has 0 aromatic heterocycles. The van der Waals surface area contributed by atoms with E-state index >= 15 is 0 Å². The van der Waals surface area contributed by atoms with Crippen LogP contribution in [0.2, 0.25) is 5.02 Å². The molecule has 0 saturated heterocycles. The third kappa shape index (κ3) is 1.99. The van der Waals surface area contributed by atoms with Crippen molar-refractivity contribution in [2.75, 3.05) is 0 Å². The fraction of sp³-hybridized carbons (Fsp3) is 0. The normalized spacial score (nSPS) is 11.2. The fourth-order valence-electron chi connectivity index (χ4n) is 0.735. The SMILES string of the molecule is O=C(O)S(=O)(=O)c1cccc(Cl)c1. The van der Waals surface area contributed by atoms with Gasteiger partial charge in [0.15, 0.2) is 0 Å². The van der Waals surface area contributed by atoms with Crippen LogP contribution in [-0.4, -0.2) is 18.8 Å². The molecule has 0 radical (unpaired) electrons. The van der Waals surface area contributed by atoms with Crippen molar-refractivity contribution < 1.29 is 18.3 Å². The van der Waals surface area contributed by atoms with E-state index in [2.05, 4.69) is 0 Å². The van der Waals surface area contributed by atoms with Crippen LogP contribution >= 0.6 is 11.6 Å². The van der Waals surface area contributed by atoms with Gasteiger partial charge in [-0.05, 0) is 18.2 Å². The molecule has 0 saturated carbocycles. The van der Waals surface area contributed by atoms with Crippen molar-refractivity contribution in [3.8, 4) is 0 Å². The summed E-state index contributed by atoms with van der Waals surface area (Å²) in [6.45, 7) is 0.